The van der Waals surface area contributed by atoms with Crippen molar-refractivity contribution in [2.45, 2.75) is 33.1 Å². The molecule has 1 aliphatic heterocycles. The number of carbonyl (C=O) groups excluding carboxylic acids is 3. The molecule has 9 nitrogen and oxygen atoms in total. The topological polar surface area (TPSA) is 104 Å². The van der Waals surface area contributed by atoms with E-state index >= 15 is 0 Å². The lowest BCUT2D eigenvalue weighted by atomic mass is 10.3. The summed E-state index contributed by atoms with van der Waals surface area (Å²) in [5.74, 6) is -0.0679. The number of carbonyl (C=O) groups is 3. The zero-order valence-corrected chi connectivity index (χ0v) is 16.6. The number of nitrogens with zero attached hydrogens (tertiary/aromatic N) is 3. The summed E-state index contributed by atoms with van der Waals surface area (Å²) in [5.41, 5.74) is 0.636. The van der Waals surface area contributed by atoms with Crippen LogP contribution in [0.4, 0.5) is 14.7 Å². The number of rotatable bonds is 7. The van der Waals surface area contributed by atoms with Crippen LogP contribution in [0.25, 0.3) is 0 Å². The Labute approximate surface area is 163 Å². The maximum absolute atomic E-state index is 12.3. The van der Waals surface area contributed by atoms with Crippen molar-refractivity contribution in [3.63, 3.8) is 0 Å². The zero-order valence-electron chi connectivity index (χ0n) is 15.8. The Morgan fingerprint density at radius 3 is 2.56 bits per heavy atom. The van der Waals surface area contributed by atoms with Gasteiger partial charge in [-0.3, -0.25) is 10.1 Å². The van der Waals surface area contributed by atoms with E-state index in [0.717, 1.165) is 12.8 Å². The molecule has 0 aliphatic carbocycles. The molecule has 1 aromatic heterocycles. The van der Waals surface area contributed by atoms with E-state index in [2.05, 4.69) is 22.5 Å². The number of aromatic nitrogens is 1. The summed E-state index contributed by atoms with van der Waals surface area (Å²) in [6.45, 7) is 6.58. The Morgan fingerprint density at radius 2 is 1.89 bits per heavy atom. The van der Waals surface area contributed by atoms with Crippen molar-refractivity contribution in [3.05, 3.63) is 11.1 Å². The normalized spacial score (nSPS) is 14.0. The van der Waals surface area contributed by atoms with Crippen molar-refractivity contribution in [1.29, 1.82) is 0 Å². The number of nitrogens with one attached hydrogen (secondary N) is 2. The van der Waals surface area contributed by atoms with Gasteiger partial charge in [-0.15, -0.1) is 11.3 Å². The summed E-state index contributed by atoms with van der Waals surface area (Å²) in [5, 5.41) is 7.83. The van der Waals surface area contributed by atoms with E-state index in [1.54, 1.807) is 22.1 Å². The first-order valence-electron chi connectivity index (χ1n) is 9.22. The molecule has 0 saturated carbocycles. The van der Waals surface area contributed by atoms with Crippen LogP contribution in [0.15, 0.2) is 5.38 Å². The molecule has 2 heterocycles. The molecule has 10 heteroatoms. The van der Waals surface area contributed by atoms with Gasteiger partial charge in [0, 0.05) is 38.1 Å². The minimum atomic E-state index is -0.348. The number of hydrogen-bond donors (Lipinski definition) is 2. The lowest BCUT2D eigenvalue weighted by Crippen LogP contribution is -2.51. The summed E-state index contributed by atoms with van der Waals surface area (Å²) < 4.78 is 4.96. The summed E-state index contributed by atoms with van der Waals surface area (Å²) in [4.78, 5) is 43.4. The van der Waals surface area contributed by atoms with Gasteiger partial charge >= 0.3 is 12.1 Å². The maximum atomic E-state index is 12.3. The van der Waals surface area contributed by atoms with Gasteiger partial charge in [0.15, 0.2) is 5.13 Å². The fourth-order valence-electron chi connectivity index (χ4n) is 2.55. The van der Waals surface area contributed by atoms with E-state index in [1.807, 2.05) is 0 Å². The van der Waals surface area contributed by atoms with E-state index in [0.29, 0.717) is 50.2 Å². The first-order valence-corrected chi connectivity index (χ1v) is 10.1. The van der Waals surface area contributed by atoms with Crippen molar-refractivity contribution < 1.29 is 19.1 Å². The van der Waals surface area contributed by atoms with Gasteiger partial charge in [0.1, 0.15) is 0 Å². The van der Waals surface area contributed by atoms with Crippen LogP contribution in [0, 0.1) is 0 Å². The minimum Gasteiger partial charge on any atom is -0.450 e. The van der Waals surface area contributed by atoms with E-state index in [-0.39, 0.29) is 24.5 Å². The number of unbranched alkanes of at least 4 members (excludes halogenated alkanes) is 1. The fourth-order valence-corrected chi connectivity index (χ4v) is 3.25. The average molecular weight is 398 g/mol. The highest BCUT2D eigenvalue weighted by molar-refractivity contribution is 7.13. The van der Waals surface area contributed by atoms with Crippen LogP contribution < -0.4 is 10.6 Å². The molecule has 0 bridgehead atoms. The second-order valence-electron chi connectivity index (χ2n) is 6.13. The molecule has 1 saturated heterocycles. The molecule has 2 rings (SSSR count). The molecule has 0 radical (unpaired) electrons. The van der Waals surface area contributed by atoms with E-state index in [4.69, 9.17) is 4.74 Å². The number of thiazole rings is 1. The number of piperazine rings is 1. The van der Waals surface area contributed by atoms with Crippen molar-refractivity contribution in [1.82, 2.24) is 20.1 Å². The molecule has 1 aromatic rings. The molecular formula is C17H27N5O4S. The first-order chi connectivity index (χ1) is 13.0. The average Bonchev–Trinajstić information content (AvgIpc) is 3.09. The predicted octanol–water partition coefficient (Wildman–Crippen LogP) is 1.91. The van der Waals surface area contributed by atoms with Gasteiger partial charge < -0.3 is 19.9 Å². The van der Waals surface area contributed by atoms with Crippen LogP contribution in [0.5, 0.6) is 0 Å². The van der Waals surface area contributed by atoms with Crippen LogP contribution >= 0.6 is 11.3 Å². The molecule has 1 aliphatic rings. The van der Waals surface area contributed by atoms with Gasteiger partial charge in [-0.2, -0.15) is 0 Å². The van der Waals surface area contributed by atoms with Gasteiger partial charge in [0.05, 0.1) is 18.7 Å². The highest BCUT2D eigenvalue weighted by Gasteiger charge is 2.25. The van der Waals surface area contributed by atoms with Crippen LogP contribution in [0.1, 0.15) is 32.4 Å². The molecule has 1 fully saturated rings. The summed E-state index contributed by atoms with van der Waals surface area (Å²) >= 11 is 1.29. The van der Waals surface area contributed by atoms with Crippen molar-refractivity contribution >= 4 is 34.5 Å². The largest absolute Gasteiger partial charge is 0.450 e. The SMILES string of the molecule is CCCCNC(=O)Cc1csc(NC(=O)N2CCN(C(=O)OCC)CC2)n1. The molecule has 0 atom stereocenters. The Hall–Kier alpha value is -2.36. The van der Waals surface area contributed by atoms with Crippen molar-refractivity contribution in [2.75, 3.05) is 44.6 Å². The number of ether oxygens (including phenoxy) is 1. The highest BCUT2D eigenvalue weighted by atomic mass is 32.1. The van der Waals surface area contributed by atoms with Crippen molar-refractivity contribution in [2.24, 2.45) is 0 Å². The van der Waals surface area contributed by atoms with E-state index in [9.17, 15) is 14.4 Å². The molecule has 0 aromatic carbocycles. The number of amides is 4. The molecule has 0 unspecified atom stereocenters. The standard InChI is InChI=1S/C17H27N5O4S/c1-3-5-6-18-14(23)11-13-12-27-15(19-13)20-16(24)21-7-9-22(10-8-21)17(25)26-4-2/h12H,3-11H2,1-2H3,(H,18,23)(H,19,20,24). The molecule has 0 spiro atoms. The molecule has 2 N–H and O–H groups in total. The van der Waals surface area contributed by atoms with Crippen LogP contribution in [0.2, 0.25) is 0 Å². The highest BCUT2D eigenvalue weighted by Crippen LogP contribution is 2.17. The Bertz CT molecular complexity index is 643. The lowest BCUT2D eigenvalue weighted by Gasteiger charge is -2.33. The van der Waals surface area contributed by atoms with E-state index in [1.165, 1.54) is 11.3 Å². The predicted molar refractivity (Wildman–Crippen MR) is 103 cm³/mol. The number of urea groups is 1. The third-order valence-electron chi connectivity index (χ3n) is 4.05. The van der Waals surface area contributed by atoms with Crippen LogP contribution in [-0.4, -0.2) is 72.1 Å². The smallest absolute Gasteiger partial charge is 0.409 e. The minimum absolute atomic E-state index is 0.0679. The monoisotopic (exact) mass is 397 g/mol. The second-order valence-corrected chi connectivity index (χ2v) is 6.99. The number of anilines is 1. The fraction of sp³-hybridized carbons (Fsp3) is 0.647. The Kier molecular flexibility index (Phi) is 8.31. The number of hydrogen-bond acceptors (Lipinski definition) is 6. The first kappa shape index (κ1) is 20.9. The maximum Gasteiger partial charge on any atom is 0.409 e. The Morgan fingerprint density at radius 1 is 1.19 bits per heavy atom. The van der Waals surface area contributed by atoms with Crippen LogP contribution in [-0.2, 0) is 16.0 Å². The van der Waals surface area contributed by atoms with Crippen LogP contribution in [0.3, 0.4) is 0 Å². The summed E-state index contributed by atoms with van der Waals surface area (Å²) in [6.07, 6.45) is 1.84. The van der Waals surface area contributed by atoms with Gasteiger partial charge in [0.25, 0.3) is 0 Å². The van der Waals surface area contributed by atoms with Gasteiger partial charge in [0.2, 0.25) is 5.91 Å². The lowest BCUT2D eigenvalue weighted by molar-refractivity contribution is -0.120. The van der Waals surface area contributed by atoms with Crippen molar-refractivity contribution in [3.8, 4) is 0 Å². The quantitative estimate of drug-likeness (QED) is 0.684. The molecule has 150 valence electrons. The van der Waals surface area contributed by atoms with E-state index < -0.39 is 0 Å². The molecular weight excluding hydrogens is 370 g/mol. The molecule has 27 heavy (non-hydrogen) atoms. The van der Waals surface area contributed by atoms with Gasteiger partial charge in [-0.25, -0.2) is 14.6 Å². The summed E-state index contributed by atoms with van der Waals surface area (Å²) in [7, 11) is 0. The Balaban J connectivity index is 1.76. The third kappa shape index (κ3) is 6.70. The molecule has 4 amide bonds. The summed E-state index contributed by atoms with van der Waals surface area (Å²) in [6, 6.07) is -0.258. The third-order valence-corrected chi connectivity index (χ3v) is 4.86. The van der Waals surface area contributed by atoms with Gasteiger partial charge in [-0.1, -0.05) is 13.3 Å². The second kappa shape index (κ2) is 10.7. The zero-order chi connectivity index (χ0) is 19.6. The van der Waals surface area contributed by atoms with Gasteiger partial charge in [-0.05, 0) is 13.3 Å².